The first-order chi connectivity index (χ1) is 11.5. The molecule has 122 valence electrons. The summed E-state index contributed by atoms with van der Waals surface area (Å²) < 4.78 is 0. The summed E-state index contributed by atoms with van der Waals surface area (Å²) in [7, 11) is 0. The maximum absolute atomic E-state index is 11.3. The molecule has 0 amide bonds. The van der Waals surface area contributed by atoms with Crippen molar-refractivity contribution in [1.29, 1.82) is 0 Å². The van der Waals surface area contributed by atoms with Crippen LogP contribution in [0.5, 0.6) is 0 Å². The largest absolute Gasteiger partial charge is 0.478 e. The lowest BCUT2D eigenvalue weighted by atomic mass is 9.94. The molecule has 0 heterocycles. The van der Waals surface area contributed by atoms with Gasteiger partial charge in [0.15, 0.2) is 0 Å². The lowest BCUT2D eigenvalue weighted by molar-refractivity contribution is 0.0685. The fourth-order valence-electron chi connectivity index (χ4n) is 2.61. The monoisotopic (exact) mass is 322 g/mol. The van der Waals surface area contributed by atoms with Crippen LogP contribution in [-0.2, 0) is 12.8 Å². The lowest BCUT2D eigenvalue weighted by Gasteiger charge is -2.11. The Bertz CT molecular complexity index is 749. The molecule has 0 saturated carbocycles. The Hall–Kier alpha value is -3.14. The second-order valence-electron chi connectivity index (χ2n) is 5.34. The quantitative estimate of drug-likeness (QED) is 0.749. The third-order valence-corrected chi connectivity index (χ3v) is 3.73. The number of benzene rings is 2. The van der Waals surface area contributed by atoms with Crippen LogP contribution in [-0.4, -0.2) is 22.2 Å². The molecule has 0 bridgehead atoms. The highest BCUT2D eigenvalue weighted by molar-refractivity contribution is 5.92. The molecule has 4 nitrogen and oxygen atoms in total. The van der Waals surface area contributed by atoms with Gasteiger partial charge in [0.2, 0.25) is 0 Å². The zero-order valence-electron chi connectivity index (χ0n) is 13.2. The van der Waals surface area contributed by atoms with Crippen LogP contribution in [0.2, 0.25) is 0 Å². The summed E-state index contributed by atoms with van der Waals surface area (Å²) in [6, 6.07) is 10.2. The summed E-state index contributed by atoms with van der Waals surface area (Å²) in [5.74, 6) is -1.96. The first kappa shape index (κ1) is 17.2. The van der Waals surface area contributed by atoms with Gasteiger partial charge in [-0.05, 0) is 59.4 Å². The van der Waals surface area contributed by atoms with Gasteiger partial charge in [-0.15, -0.1) is 13.2 Å². The van der Waals surface area contributed by atoms with Gasteiger partial charge >= 0.3 is 11.9 Å². The van der Waals surface area contributed by atoms with Crippen LogP contribution < -0.4 is 0 Å². The van der Waals surface area contributed by atoms with Gasteiger partial charge in [-0.2, -0.15) is 0 Å². The minimum absolute atomic E-state index is 0.243. The molecule has 4 heteroatoms. The molecule has 2 rings (SSSR count). The van der Waals surface area contributed by atoms with E-state index in [-0.39, 0.29) is 11.1 Å². The molecule has 2 aromatic carbocycles. The second kappa shape index (κ2) is 7.42. The SMILES string of the molecule is C=CCc1cc(-c2ccc(C(=O)O)c(CC=C)c2)ccc1C(=O)O. The van der Waals surface area contributed by atoms with Crippen molar-refractivity contribution < 1.29 is 19.8 Å². The number of allylic oxidation sites excluding steroid dienone is 2. The third kappa shape index (κ3) is 3.60. The topological polar surface area (TPSA) is 74.6 Å². The van der Waals surface area contributed by atoms with Crippen LogP contribution in [0.15, 0.2) is 61.7 Å². The highest BCUT2D eigenvalue weighted by atomic mass is 16.4. The zero-order valence-corrected chi connectivity index (χ0v) is 13.2. The predicted molar refractivity (Wildman–Crippen MR) is 93.6 cm³/mol. The molecule has 0 unspecified atom stereocenters. The van der Waals surface area contributed by atoms with Gasteiger partial charge in [0.25, 0.3) is 0 Å². The Balaban J connectivity index is 2.55. The molecule has 0 aliphatic rings. The third-order valence-electron chi connectivity index (χ3n) is 3.73. The van der Waals surface area contributed by atoms with Gasteiger partial charge in [-0.1, -0.05) is 24.3 Å². The summed E-state index contributed by atoms with van der Waals surface area (Å²) in [5.41, 5.74) is 3.49. The Labute approximate surface area is 140 Å². The van der Waals surface area contributed by atoms with E-state index >= 15 is 0 Å². The van der Waals surface area contributed by atoms with E-state index in [1.54, 1.807) is 48.6 Å². The molecule has 0 aromatic heterocycles. The van der Waals surface area contributed by atoms with Crippen molar-refractivity contribution in [3.8, 4) is 11.1 Å². The van der Waals surface area contributed by atoms with Gasteiger partial charge in [0.1, 0.15) is 0 Å². The maximum Gasteiger partial charge on any atom is 0.335 e. The van der Waals surface area contributed by atoms with Gasteiger partial charge < -0.3 is 10.2 Å². The average Bonchev–Trinajstić information content (AvgIpc) is 2.55. The zero-order chi connectivity index (χ0) is 17.7. The van der Waals surface area contributed by atoms with E-state index in [0.717, 1.165) is 11.1 Å². The van der Waals surface area contributed by atoms with E-state index in [9.17, 15) is 19.8 Å². The molecule has 0 radical (unpaired) electrons. The Morgan fingerprint density at radius 1 is 0.792 bits per heavy atom. The molecule has 0 aliphatic heterocycles. The molecule has 2 N–H and O–H groups in total. The van der Waals surface area contributed by atoms with Crippen molar-refractivity contribution in [2.45, 2.75) is 12.8 Å². The van der Waals surface area contributed by atoms with Crippen molar-refractivity contribution >= 4 is 11.9 Å². The fourth-order valence-corrected chi connectivity index (χ4v) is 2.61. The second-order valence-corrected chi connectivity index (χ2v) is 5.34. The highest BCUT2D eigenvalue weighted by Crippen LogP contribution is 2.26. The number of carboxylic acid groups (broad SMARTS) is 2. The number of aromatic carboxylic acids is 2. The maximum atomic E-state index is 11.3. The van der Waals surface area contributed by atoms with Crippen LogP contribution in [0.25, 0.3) is 11.1 Å². The average molecular weight is 322 g/mol. The Kier molecular flexibility index (Phi) is 5.32. The number of rotatable bonds is 7. The Morgan fingerprint density at radius 3 is 1.46 bits per heavy atom. The van der Waals surface area contributed by atoms with E-state index in [1.165, 1.54) is 0 Å². The van der Waals surface area contributed by atoms with Crippen molar-refractivity contribution in [3.63, 3.8) is 0 Å². The van der Waals surface area contributed by atoms with Crippen LogP contribution in [0.4, 0.5) is 0 Å². The van der Waals surface area contributed by atoms with E-state index in [1.807, 2.05) is 0 Å². The molecule has 2 aromatic rings. The summed E-state index contributed by atoms with van der Waals surface area (Å²) >= 11 is 0. The summed E-state index contributed by atoms with van der Waals surface area (Å²) in [6.07, 6.45) is 4.20. The number of carbonyl (C=O) groups is 2. The predicted octanol–water partition coefficient (Wildman–Crippen LogP) is 4.21. The number of hydrogen-bond donors (Lipinski definition) is 2. The van der Waals surface area contributed by atoms with E-state index in [2.05, 4.69) is 13.2 Å². The fraction of sp³-hybridized carbons (Fsp3) is 0.100. The standard InChI is InChI=1S/C20H18O4/c1-3-5-15-11-13(7-9-17(15)19(21)22)14-8-10-18(20(23)24)16(12-14)6-4-2/h3-4,7-12H,1-2,5-6H2,(H,21,22)(H,23,24). The molecular weight excluding hydrogens is 304 g/mol. The lowest BCUT2D eigenvalue weighted by Crippen LogP contribution is -2.03. The van der Waals surface area contributed by atoms with E-state index in [0.29, 0.717) is 24.0 Å². The van der Waals surface area contributed by atoms with Gasteiger partial charge in [-0.25, -0.2) is 9.59 Å². The van der Waals surface area contributed by atoms with Crippen molar-refractivity contribution in [2.24, 2.45) is 0 Å². The smallest absolute Gasteiger partial charge is 0.335 e. The molecule has 0 atom stereocenters. The van der Waals surface area contributed by atoms with Crippen molar-refractivity contribution in [2.75, 3.05) is 0 Å². The Morgan fingerprint density at radius 2 is 1.17 bits per heavy atom. The minimum atomic E-state index is -0.980. The van der Waals surface area contributed by atoms with Gasteiger partial charge in [-0.3, -0.25) is 0 Å². The van der Waals surface area contributed by atoms with E-state index in [4.69, 9.17) is 0 Å². The molecule has 24 heavy (non-hydrogen) atoms. The molecule has 0 spiro atoms. The highest BCUT2D eigenvalue weighted by Gasteiger charge is 2.13. The van der Waals surface area contributed by atoms with Gasteiger partial charge in [0, 0.05) is 0 Å². The van der Waals surface area contributed by atoms with E-state index < -0.39 is 11.9 Å². The van der Waals surface area contributed by atoms with Gasteiger partial charge in [0.05, 0.1) is 11.1 Å². The first-order valence-electron chi connectivity index (χ1n) is 7.42. The molecule has 0 aliphatic carbocycles. The summed E-state index contributed by atoms with van der Waals surface area (Å²) in [6.45, 7) is 7.32. The summed E-state index contributed by atoms with van der Waals surface area (Å²) in [5, 5.41) is 18.5. The summed E-state index contributed by atoms with van der Waals surface area (Å²) in [4.78, 5) is 22.6. The van der Waals surface area contributed by atoms with Crippen molar-refractivity contribution in [3.05, 3.63) is 84.0 Å². The minimum Gasteiger partial charge on any atom is -0.478 e. The number of carboxylic acids is 2. The van der Waals surface area contributed by atoms with Crippen LogP contribution in [0.1, 0.15) is 31.8 Å². The van der Waals surface area contributed by atoms with Crippen molar-refractivity contribution in [1.82, 2.24) is 0 Å². The molecule has 0 saturated heterocycles. The number of hydrogen-bond acceptors (Lipinski definition) is 2. The van der Waals surface area contributed by atoms with Crippen LogP contribution in [0.3, 0.4) is 0 Å². The molecule has 0 fully saturated rings. The van der Waals surface area contributed by atoms with Crippen LogP contribution in [0, 0.1) is 0 Å². The first-order valence-corrected chi connectivity index (χ1v) is 7.42. The molecular formula is C20H18O4. The van der Waals surface area contributed by atoms with Crippen LogP contribution >= 0.6 is 0 Å². The normalized spacial score (nSPS) is 10.2.